The van der Waals surface area contributed by atoms with Gasteiger partial charge in [0.15, 0.2) is 0 Å². The number of hydrogen-bond donors (Lipinski definition) is 0. The van der Waals surface area contributed by atoms with Gasteiger partial charge in [0.2, 0.25) is 7.28 Å². The van der Waals surface area contributed by atoms with Crippen molar-refractivity contribution in [1.29, 1.82) is 0 Å². The fourth-order valence-corrected chi connectivity index (χ4v) is 2.84. The molecule has 0 atom stereocenters. The normalized spacial score (nSPS) is 12.7. The summed E-state index contributed by atoms with van der Waals surface area (Å²) in [7, 11) is 1.74. The van der Waals surface area contributed by atoms with Crippen molar-refractivity contribution < 1.29 is 4.79 Å². The van der Waals surface area contributed by atoms with Crippen LogP contribution in [0.5, 0.6) is 0 Å². The number of rotatable bonds is 3. The van der Waals surface area contributed by atoms with Gasteiger partial charge in [0.05, 0.1) is 5.68 Å². The van der Waals surface area contributed by atoms with E-state index in [2.05, 4.69) is 49.2 Å². The summed E-state index contributed by atoms with van der Waals surface area (Å²) in [5.74, 6) is 2.69. The van der Waals surface area contributed by atoms with Crippen molar-refractivity contribution >= 4 is 18.4 Å². The lowest BCUT2D eigenvalue weighted by atomic mass is 9.70. The molecule has 0 amide bonds. The second-order valence-electron chi connectivity index (χ2n) is 5.55. The molecule has 0 aliphatic carbocycles. The summed E-state index contributed by atoms with van der Waals surface area (Å²) in [4.78, 5) is 11.5. The minimum Gasteiger partial charge on any atom is -0.311 e. The monoisotopic (exact) mass is 271 g/mol. The van der Waals surface area contributed by atoms with E-state index >= 15 is 0 Å². The molecule has 1 aliphatic heterocycles. The lowest BCUT2D eigenvalue weighted by Crippen LogP contribution is -2.15. The van der Waals surface area contributed by atoms with Crippen LogP contribution in [-0.4, -0.2) is 13.0 Å². The van der Waals surface area contributed by atoms with Crippen molar-refractivity contribution in [2.24, 2.45) is 0 Å². The lowest BCUT2D eigenvalue weighted by molar-refractivity contribution is -0.111. The maximum absolute atomic E-state index is 11.5. The minimum absolute atomic E-state index is 0.197. The van der Waals surface area contributed by atoms with Crippen LogP contribution in [0.15, 0.2) is 36.4 Å². The number of carbonyl (C=O) groups excluding carboxylic acids is 1. The molecule has 21 heavy (non-hydrogen) atoms. The van der Waals surface area contributed by atoms with Crippen LogP contribution in [0.3, 0.4) is 0 Å². The van der Waals surface area contributed by atoms with Gasteiger partial charge in [-0.1, -0.05) is 41.9 Å². The van der Waals surface area contributed by atoms with Gasteiger partial charge in [0, 0.05) is 12.8 Å². The fraction of sp³-hybridized carbons (Fsp3) is 0.211. The van der Waals surface area contributed by atoms with E-state index in [0.29, 0.717) is 6.42 Å². The second-order valence-corrected chi connectivity index (χ2v) is 5.55. The third-order valence-corrected chi connectivity index (χ3v) is 4.04. The Labute approximate surface area is 126 Å². The Morgan fingerprint density at radius 3 is 2.71 bits per heavy atom. The summed E-state index contributed by atoms with van der Waals surface area (Å²) >= 11 is 0. The van der Waals surface area contributed by atoms with Gasteiger partial charge < -0.3 is 4.79 Å². The molecule has 0 saturated carbocycles. The Hall–Kier alpha value is -2.27. The first kappa shape index (κ1) is 13.7. The van der Waals surface area contributed by atoms with Crippen LogP contribution in [0.4, 0.5) is 0 Å². The van der Waals surface area contributed by atoms with Crippen LogP contribution in [0.25, 0.3) is 11.1 Å². The highest BCUT2D eigenvalue weighted by Crippen LogP contribution is 2.23. The van der Waals surface area contributed by atoms with E-state index in [4.69, 9.17) is 6.42 Å². The summed E-state index contributed by atoms with van der Waals surface area (Å²) < 4.78 is 0. The molecule has 1 nitrogen and oxygen atoms in total. The minimum atomic E-state index is 0.197. The van der Waals surface area contributed by atoms with Crippen LogP contribution in [0.2, 0.25) is 0 Å². The molecule has 1 heterocycles. The summed E-state index contributed by atoms with van der Waals surface area (Å²) in [5.41, 5.74) is 7.31. The highest BCUT2D eigenvalue weighted by atomic mass is 16.1. The Bertz CT molecular complexity index is 753. The van der Waals surface area contributed by atoms with E-state index in [0.717, 1.165) is 29.4 Å². The molecule has 0 N–H and O–H groups in total. The summed E-state index contributed by atoms with van der Waals surface area (Å²) in [6, 6.07) is 12.8. The SMILES string of the molecule is C#CCCc1ccc(-c2ccc3c(c2)[B]C(=O)C3)cc1C. The summed E-state index contributed by atoms with van der Waals surface area (Å²) in [6.07, 6.45) is 7.57. The van der Waals surface area contributed by atoms with E-state index in [9.17, 15) is 4.79 Å². The molecule has 1 radical (unpaired) electrons. The van der Waals surface area contributed by atoms with Crippen LogP contribution < -0.4 is 5.46 Å². The van der Waals surface area contributed by atoms with Crippen LogP contribution in [0.1, 0.15) is 23.1 Å². The van der Waals surface area contributed by atoms with E-state index in [1.807, 2.05) is 0 Å². The number of aryl methyl sites for hydroxylation is 2. The van der Waals surface area contributed by atoms with Crippen molar-refractivity contribution in [3.63, 3.8) is 0 Å². The molecule has 1 aliphatic rings. The number of hydrogen-bond acceptors (Lipinski definition) is 1. The summed E-state index contributed by atoms with van der Waals surface area (Å²) in [5, 5.41) is 0. The molecule has 3 rings (SSSR count). The fourth-order valence-electron chi connectivity index (χ4n) is 2.84. The highest BCUT2D eigenvalue weighted by molar-refractivity contribution is 6.86. The Morgan fingerprint density at radius 1 is 1.19 bits per heavy atom. The van der Waals surface area contributed by atoms with Crippen LogP contribution >= 0.6 is 0 Å². The van der Waals surface area contributed by atoms with E-state index in [-0.39, 0.29) is 5.68 Å². The number of terminal acetylenes is 1. The average Bonchev–Trinajstić information content (AvgIpc) is 2.85. The van der Waals surface area contributed by atoms with Gasteiger partial charge >= 0.3 is 0 Å². The molecule has 0 aromatic heterocycles. The zero-order chi connectivity index (χ0) is 14.8. The lowest BCUT2D eigenvalue weighted by Gasteiger charge is -2.09. The molecule has 0 spiro atoms. The van der Waals surface area contributed by atoms with Crippen molar-refractivity contribution in [1.82, 2.24) is 0 Å². The van der Waals surface area contributed by atoms with Crippen LogP contribution in [-0.2, 0) is 17.6 Å². The van der Waals surface area contributed by atoms with Gasteiger partial charge in [-0.05, 0) is 41.2 Å². The molecule has 0 saturated heterocycles. The maximum Gasteiger partial charge on any atom is 0.241 e. The Balaban J connectivity index is 1.91. The zero-order valence-electron chi connectivity index (χ0n) is 12.1. The first-order valence-corrected chi connectivity index (χ1v) is 7.21. The molecule has 101 valence electrons. The second kappa shape index (κ2) is 5.62. The first-order valence-electron chi connectivity index (χ1n) is 7.21. The molecule has 0 unspecified atom stereocenters. The standard InChI is InChI=1S/C19H16BO/c1-3-4-5-14-6-7-15(10-13(14)2)16-8-9-17-12-19(21)20-18(17)11-16/h1,6-11H,4-5,12H2,2H3. The predicted octanol–water partition coefficient (Wildman–Crippen LogP) is 2.64. The average molecular weight is 271 g/mol. The quantitative estimate of drug-likeness (QED) is 0.619. The van der Waals surface area contributed by atoms with Gasteiger partial charge in [-0.3, -0.25) is 0 Å². The smallest absolute Gasteiger partial charge is 0.241 e. The maximum atomic E-state index is 11.5. The Kier molecular flexibility index (Phi) is 3.67. The topological polar surface area (TPSA) is 17.1 Å². The largest absolute Gasteiger partial charge is 0.311 e. The van der Waals surface area contributed by atoms with E-state index in [1.54, 1.807) is 7.28 Å². The number of fused-ring (bicyclic) bond motifs is 1. The molecule has 0 fully saturated rings. The van der Waals surface area contributed by atoms with Crippen molar-refractivity contribution in [3.05, 3.63) is 53.1 Å². The van der Waals surface area contributed by atoms with Gasteiger partial charge in [0.25, 0.3) is 0 Å². The first-order chi connectivity index (χ1) is 10.2. The van der Waals surface area contributed by atoms with Gasteiger partial charge in [-0.15, -0.1) is 12.3 Å². The van der Waals surface area contributed by atoms with Crippen molar-refractivity contribution in [2.45, 2.75) is 26.2 Å². The molecule has 2 aromatic carbocycles. The zero-order valence-corrected chi connectivity index (χ0v) is 12.1. The van der Waals surface area contributed by atoms with Crippen molar-refractivity contribution in [2.75, 3.05) is 0 Å². The molecule has 2 aromatic rings. The summed E-state index contributed by atoms with van der Waals surface area (Å²) in [6.45, 7) is 2.12. The van der Waals surface area contributed by atoms with Gasteiger partial charge in [0.1, 0.15) is 0 Å². The molecular formula is C19H16BO. The number of benzene rings is 2. The molecular weight excluding hydrogens is 255 g/mol. The number of carbonyl (C=O) groups is 1. The van der Waals surface area contributed by atoms with Gasteiger partial charge in [-0.2, -0.15) is 0 Å². The van der Waals surface area contributed by atoms with Gasteiger partial charge in [-0.25, -0.2) is 0 Å². The van der Waals surface area contributed by atoms with Crippen molar-refractivity contribution in [3.8, 4) is 23.5 Å². The van der Waals surface area contributed by atoms with E-state index < -0.39 is 0 Å². The third kappa shape index (κ3) is 2.78. The van der Waals surface area contributed by atoms with Crippen LogP contribution in [0, 0.1) is 19.3 Å². The molecule has 0 bridgehead atoms. The predicted molar refractivity (Wildman–Crippen MR) is 87.9 cm³/mol. The third-order valence-electron chi connectivity index (χ3n) is 4.04. The molecule has 2 heteroatoms. The Morgan fingerprint density at radius 2 is 1.95 bits per heavy atom. The van der Waals surface area contributed by atoms with E-state index in [1.165, 1.54) is 16.7 Å². The highest BCUT2D eigenvalue weighted by Gasteiger charge is 2.20.